The summed E-state index contributed by atoms with van der Waals surface area (Å²) < 4.78 is 15.6. The minimum Gasteiger partial charge on any atom is -0.405 e. The van der Waals surface area contributed by atoms with Gasteiger partial charge >= 0.3 is 0 Å². The summed E-state index contributed by atoms with van der Waals surface area (Å²) in [4.78, 5) is 17.5. The summed E-state index contributed by atoms with van der Waals surface area (Å²) in [5.74, 6) is -0.105. The second-order valence-corrected chi connectivity index (χ2v) is 9.09. The maximum Gasteiger partial charge on any atom is 0.151 e. The van der Waals surface area contributed by atoms with Gasteiger partial charge in [0.2, 0.25) is 0 Å². The van der Waals surface area contributed by atoms with Crippen LogP contribution in [0.3, 0.4) is 0 Å². The van der Waals surface area contributed by atoms with Gasteiger partial charge in [0.1, 0.15) is 21.5 Å². The van der Waals surface area contributed by atoms with Crippen LogP contribution in [0.2, 0.25) is 0 Å². The second-order valence-electron chi connectivity index (χ2n) is 9.09. The lowest BCUT2D eigenvalue weighted by Gasteiger charge is -2.24. The molecule has 2 aromatic carbocycles. The first-order valence-corrected chi connectivity index (χ1v) is 11.3. The Morgan fingerprint density at radius 2 is 2.03 bits per heavy atom. The van der Waals surface area contributed by atoms with Gasteiger partial charge < -0.3 is 16.2 Å². The number of benzene rings is 2. The van der Waals surface area contributed by atoms with Crippen molar-refractivity contribution in [2.45, 2.75) is 37.2 Å². The van der Waals surface area contributed by atoms with Crippen LogP contribution in [0.1, 0.15) is 57.1 Å². The Labute approximate surface area is 206 Å². The van der Waals surface area contributed by atoms with E-state index in [4.69, 9.17) is 26.8 Å². The lowest BCUT2D eigenvalue weighted by molar-refractivity contribution is 0.112. The van der Waals surface area contributed by atoms with Crippen LogP contribution >= 0.6 is 0 Å². The van der Waals surface area contributed by atoms with Crippen molar-refractivity contribution in [1.29, 1.82) is 5.41 Å². The lowest BCUT2D eigenvalue weighted by atomic mass is 9.60. The van der Waals surface area contributed by atoms with E-state index in [-0.39, 0.29) is 23.0 Å². The molecule has 174 valence electrons. The number of nitrogen functional groups attached to an aromatic ring is 1. The van der Waals surface area contributed by atoms with E-state index in [2.05, 4.69) is 4.98 Å². The van der Waals surface area contributed by atoms with Crippen LogP contribution in [0.5, 0.6) is 0 Å². The van der Waals surface area contributed by atoms with E-state index >= 15 is 4.39 Å². The highest BCUT2D eigenvalue weighted by Gasteiger charge is 2.29. The van der Waals surface area contributed by atoms with Gasteiger partial charge in [0.05, 0.1) is 5.69 Å². The van der Waals surface area contributed by atoms with Crippen LogP contribution in [0.15, 0.2) is 42.6 Å². The van der Waals surface area contributed by atoms with Gasteiger partial charge in [-0.15, -0.1) is 0 Å². The number of anilines is 1. The average Bonchev–Trinajstić information content (AvgIpc) is 3.65. The molecule has 9 heteroatoms. The number of aldehydes is 1. The number of nitrogens with zero attached hydrogens (tertiary/aromatic N) is 2. The number of pyridine rings is 1. The van der Waals surface area contributed by atoms with Gasteiger partial charge in [0, 0.05) is 53.3 Å². The number of rotatable bonds is 9. The Morgan fingerprint density at radius 1 is 1.29 bits per heavy atom. The first kappa shape index (κ1) is 24.8. The number of aliphatic hydroxyl groups is 1. The maximum absolute atomic E-state index is 15.6. The average molecular weight is 466 g/mol. The molecule has 1 fully saturated rings. The van der Waals surface area contributed by atoms with Gasteiger partial charge in [-0.2, -0.15) is 0 Å². The standard InChI is InChI=1S/C26H25B2FN4O2/c1-33(13-24-16(14-34)3-2-8-32-24)12-21-19(15-4-5-15)9-17(10-23(21)29)18-6-7-22(26(27,28)35)25(31)20(18)11-30/h2-3,6-11,14-15,30,35H,4-5,12-13,31H2,1H3. The third-order valence-corrected chi connectivity index (χ3v) is 6.32. The molecule has 35 heavy (non-hydrogen) atoms. The van der Waals surface area contributed by atoms with Crippen LogP contribution in [-0.2, 0) is 18.5 Å². The molecule has 1 aromatic heterocycles. The molecular formula is C26H25B2FN4O2. The molecule has 0 amide bonds. The monoisotopic (exact) mass is 466 g/mol. The summed E-state index contributed by atoms with van der Waals surface area (Å²) in [6.07, 6.45) is 5.40. The number of halogens is 1. The molecule has 4 radical (unpaired) electrons. The Hall–Kier alpha value is -3.29. The molecule has 1 saturated carbocycles. The highest BCUT2D eigenvalue weighted by molar-refractivity contribution is 6.39. The molecule has 0 aliphatic heterocycles. The van der Waals surface area contributed by atoms with Crippen molar-refractivity contribution < 1.29 is 14.3 Å². The first-order chi connectivity index (χ1) is 16.6. The minimum atomic E-state index is -2.16. The number of nitrogens with one attached hydrogen (secondary N) is 1. The third kappa shape index (κ3) is 5.21. The third-order valence-electron chi connectivity index (χ3n) is 6.32. The van der Waals surface area contributed by atoms with E-state index in [0.29, 0.717) is 46.6 Å². The van der Waals surface area contributed by atoms with Crippen molar-refractivity contribution in [3.63, 3.8) is 0 Å². The molecule has 6 nitrogen and oxygen atoms in total. The van der Waals surface area contributed by atoms with Gasteiger partial charge in [-0.25, -0.2) is 4.39 Å². The summed E-state index contributed by atoms with van der Waals surface area (Å²) in [7, 11) is 13.1. The zero-order valence-electron chi connectivity index (χ0n) is 19.5. The molecule has 1 heterocycles. The normalized spacial score (nSPS) is 13.7. The van der Waals surface area contributed by atoms with Crippen molar-refractivity contribution in [2.24, 2.45) is 0 Å². The van der Waals surface area contributed by atoms with E-state index < -0.39 is 5.40 Å². The predicted octanol–water partition coefficient (Wildman–Crippen LogP) is 3.23. The smallest absolute Gasteiger partial charge is 0.151 e. The second kappa shape index (κ2) is 9.76. The van der Waals surface area contributed by atoms with E-state index in [9.17, 15) is 9.90 Å². The molecule has 0 bridgehead atoms. The zero-order valence-corrected chi connectivity index (χ0v) is 19.5. The Morgan fingerprint density at radius 3 is 2.66 bits per heavy atom. The summed E-state index contributed by atoms with van der Waals surface area (Å²) in [6, 6.07) is 9.93. The molecule has 0 atom stereocenters. The number of hydrogen-bond acceptors (Lipinski definition) is 6. The highest BCUT2D eigenvalue weighted by atomic mass is 19.1. The fourth-order valence-corrected chi connectivity index (χ4v) is 4.40. The van der Waals surface area contributed by atoms with Crippen LogP contribution in [0, 0.1) is 11.2 Å². The highest BCUT2D eigenvalue weighted by Crippen LogP contribution is 2.45. The number of nitrogens with two attached hydrogens (primary N) is 1. The molecule has 3 aromatic rings. The lowest BCUT2D eigenvalue weighted by Crippen LogP contribution is -2.27. The number of carbonyl (C=O) groups excluding carboxylic acids is 1. The molecule has 0 unspecified atom stereocenters. The van der Waals surface area contributed by atoms with Gasteiger partial charge in [0.25, 0.3) is 0 Å². The maximum atomic E-state index is 15.6. The van der Waals surface area contributed by atoms with Crippen molar-refractivity contribution >= 4 is 33.9 Å². The van der Waals surface area contributed by atoms with E-state index in [1.165, 1.54) is 12.1 Å². The Balaban J connectivity index is 1.70. The SMILES string of the molecule is [B]C([B])(O)c1ccc(-c2cc(F)c(CN(C)Cc3ncccc3C=O)c(C3CC3)c2)c(C=N)c1N. The van der Waals surface area contributed by atoms with Gasteiger partial charge in [-0.3, -0.25) is 14.7 Å². The molecule has 0 saturated heterocycles. The Bertz CT molecular complexity index is 1290. The molecule has 1 aliphatic carbocycles. The number of aromatic nitrogens is 1. The first-order valence-electron chi connectivity index (χ1n) is 11.3. The van der Waals surface area contributed by atoms with E-state index in [1.807, 2.05) is 18.0 Å². The van der Waals surface area contributed by atoms with Crippen LogP contribution < -0.4 is 5.73 Å². The largest absolute Gasteiger partial charge is 0.405 e. The summed E-state index contributed by atoms with van der Waals surface area (Å²) in [5.41, 5.74) is 10.4. The summed E-state index contributed by atoms with van der Waals surface area (Å²) in [5, 5.41) is 15.7. The van der Waals surface area contributed by atoms with Crippen molar-refractivity contribution in [3.05, 3.63) is 81.9 Å². The van der Waals surface area contributed by atoms with Gasteiger partial charge in [-0.05, 0) is 66.3 Å². The minimum absolute atomic E-state index is 0.0727. The molecule has 4 rings (SSSR count). The fourth-order valence-electron chi connectivity index (χ4n) is 4.40. The Kier molecular flexibility index (Phi) is 6.92. The van der Waals surface area contributed by atoms with Gasteiger partial charge in [-0.1, -0.05) is 18.2 Å². The molecule has 0 spiro atoms. The van der Waals surface area contributed by atoms with Crippen LogP contribution in [-0.4, -0.2) is 50.2 Å². The number of hydrogen-bond donors (Lipinski definition) is 3. The van der Waals surface area contributed by atoms with Gasteiger partial charge in [0.15, 0.2) is 6.29 Å². The fraction of sp³-hybridized carbons (Fsp3) is 0.269. The van der Waals surface area contributed by atoms with Crippen molar-refractivity contribution in [1.82, 2.24) is 9.88 Å². The number of carbonyl (C=O) groups is 1. The van der Waals surface area contributed by atoms with E-state index in [1.54, 1.807) is 24.4 Å². The van der Waals surface area contributed by atoms with Crippen LogP contribution in [0.25, 0.3) is 11.1 Å². The topological polar surface area (TPSA) is 103 Å². The molecule has 4 N–H and O–H groups in total. The predicted molar refractivity (Wildman–Crippen MR) is 136 cm³/mol. The summed E-state index contributed by atoms with van der Waals surface area (Å²) >= 11 is 0. The molecular weight excluding hydrogens is 441 g/mol. The summed E-state index contributed by atoms with van der Waals surface area (Å²) in [6.45, 7) is 0.746. The van der Waals surface area contributed by atoms with Crippen molar-refractivity contribution in [3.8, 4) is 11.1 Å². The van der Waals surface area contributed by atoms with Crippen molar-refractivity contribution in [2.75, 3.05) is 12.8 Å². The molecule has 1 aliphatic rings. The zero-order chi connectivity index (χ0) is 25.3. The van der Waals surface area contributed by atoms with E-state index in [0.717, 1.165) is 30.9 Å². The van der Waals surface area contributed by atoms with Crippen LogP contribution in [0.4, 0.5) is 10.1 Å². The quantitative estimate of drug-likeness (QED) is 0.195.